The minimum atomic E-state index is -3.14. The summed E-state index contributed by atoms with van der Waals surface area (Å²) >= 11 is 6.35. The second kappa shape index (κ2) is 5.53. The van der Waals surface area contributed by atoms with Crippen LogP contribution in [0.3, 0.4) is 0 Å². The third-order valence-electron chi connectivity index (χ3n) is 4.84. The Bertz CT molecular complexity index is 708. The molecule has 6 heteroatoms. The highest BCUT2D eigenvalue weighted by Crippen LogP contribution is 2.52. The lowest BCUT2D eigenvalue weighted by atomic mass is 9.81. The topological polar surface area (TPSA) is 54.5 Å². The second-order valence-corrected chi connectivity index (χ2v) is 9.15. The summed E-state index contributed by atoms with van der Waals surface area (Å²) in [5.74, 6) is -0.265. The lowest BCUT2D eigenvalue weighted by Gasteiger charge is -2.24. The Hall–Kier alpha value is -1.07. The van der Waals surface area contributed by atoms with Crippen molar-refractivity contribution in [2.75, 3.05) is 23.5 Å². The van der Waals surface area contributed by atoms with Gasteiger partial charge in [-0.05, 0) is 24.5 Å². The maximum atomic E-state index is 12.5. The number of rotatable bonds is 3. The molecule has 120 valence electrons. The zero-order valence-electron chi connectivity index (χ0n) is 12.6. The number of amides is 1. The van der Waals surface area contributed by atoms with Gasteiger partial charge in [-0.1, -0.05) is 36.6 Å². The van der Waals surface area contributed by atoms with Gasteiger partial charge < -0.3 is 4.90 Å². The van der Waals surface area contributed by atoms with E-state index in [9.17, 15) is 13.2 Å². The van der Waals surface area contributed by atoms with E-state index in [4.69, 9.17) is 11.6 Å². The fraction of sp³-hybridized carbons (Fsp3) is 0.562. The summed E-state index contributed by atoms with van der Waals surface area (Å²) in [6.45, 7) is 0.634. The molecule has 1 saturated carbocycles. The van der Waals surface area contributed by atoms with Gasteiger partial charge >= 0.3 is 0 Å². The van der Waals surface area contributed by atoms with E-state index in [0.29, 0.717) is 11.6 Å². The van der Waals surface area contributed by atoms with Crippen molar-refractivity contribution in [2.45, 2.75) is 37.5 Å². The molecule has 1 spiro atoms. The Balaban J connectivity index is 1.93. The van der Waals surface area contributed by atoms with Crippen LogP contribution in [-0.2, 0) is 20.0 Å². The van der Waals surface area contributed by atoms with Gasteiger partial charge in [-0.15, -0.1) is 0 Å². The maximum absolute atomic E-state index is 12.5. The van der Waals surface area contributed by atoms with Crippen molar-refractivity contribution in [3.8, 4) is 0 Å². The van der Waals surface area contributed by atoms with E-state index in [0.717, 1.165) is 43.2 Å². The van der Waals surface area contributed by atoms with E-state index < -0.39 is 9.84 Å². The van der Waals surface area contributed by atoms with Crippen LogP contribution in [0.25, 0.3) is 0 Å². The number of para-hydroxylation sites is 1. The molecule has 0 radical (unpaired) electrons. The first-order chi connectivity index (χ1) is 10.3. The van der Waals surface area contributed by atoms with Crippen LogP contribution in [0, 0.1) is 0 Å². The summed E-state index contributed by atoms with van der Waals surface area (Å²) < 4.78 is 22.6. The predicted octanol–water partition coefficient (Wildman–Crippen LogP) is 2.93. The van der Waals surface area contributed by atoms with E-state index in [2.05, 4.69) is 6.07 Å². The van der Waals surface area contributed by atoms with Crippen molar-refractivity contribution >= 4 is 33.0 Å². The maximum Gasteiger partial charge on any atom is 0.228 e. The van der Waals surface area contributed by atoms with Crippen molar-refractivity contribution in [2.24, 2.45) is 0 Å². The number of nitrogens with zero attached hydrogens (tertiary/aromatic N) is 1. The first kappa shape index (κ1) is 15.8. The Morgan fingerprint density at radius 3 is 2.64 bits per heavy atom. The van der Waals surface area contributed by atoms with E-state index in [1.165, 1.54) is 0 Å². The molecular weight excluding hydrogens is 322 g/mol. The molecule has 0 N–H and O–H groups in total. The highest BCUT2D eigenvalue weighted by molar-refractivity contribution is 7.90. The zero-order valence-corrected chi connectivity index (χ0v) is 14.2. The summed E-state index contributed by atoms with van der Waals surface area (Å²) in [4.78, 5) is 14.3. The standard InChI is InChI=1S/C16H20ClNO3S/c1-22(20,21)10-7-14(19)18-11-16(8-2-3-9-16)12-5-4-6-13(17)15(12)18/h4-6H,2-3,7-11H2,1H3. The van der Waals surface area contributed by atoms with Gasteiger partial charge in [0, 0.05) is 24.6 Å². The van der Waals surface area contributed by atoms with Crippen LogP contribution in [0.4, 0.5) is 5.69 Å². The molecule has 1 aromatic rings. The van der Waals surface area contributed by atoms with Crippen LogP contribution in [0.1, 0.15) is 37.7 Å². The minimum Gasteiger partial charge on any atom is -0.310 e. The van der Waals surface area contributed by atoms with Crippen LogP contribution in [-0.4, -0.2) is 32.9 Å². The highest BCUT2D eigenvalue weighted by atomic mass is 35.5. The van der Waals surface area contributed by atoms with E-state index in [1.807, 2.05) is 6.07 Å². The van der Waals surface area contributed by atoms with Gasteiger partial charge in [0.1, 0.15) is 9.84 Å². The normalized spacial score (nSPS) is 19.6. The summed E-state index contributed by atoms with van der Waals surface area (Å²) in [6, 6.07) is 5.80. The number of carbonyl (C=O) groups excluding carboxylic acids is 1. The van der Waals surface area contributed by atoms with Crippen molar-refractivity contribution in [3.63, 3.8) is 0 Å². The molecule has 1 amide bonds. The molecule has 0 atom stereocenters. The van der Waals surface area contributed by atoms with Crippen molar-refractivity contribution in [3.05, 3.63) is 28.8 Å². The number of anilines is 1. The quantitative estimate of drug-likeness (QED) is 0.849. The molecule has 3 rings (SSSR count). The third-order valence-corrected chi connectivity index (χ3v) is 6.09. The molecule has 0 aromatic heterocycles. The van der Waals surface area contributed by atoms with Crippen LogP contribution in [0.15, 0.2) is 18.2 Å². The lowest BCUT2D eigenvalue weighted by molar-refractivity contribution is -0.118. The molecule has 4 nitrogen and oxygen atoms in total. The van der Waals surface area contributed by atoms with E-state index in [-0.39, 0.29) is 23.5 Å². The van der Waals surface area contributed by atoms with Gasteiger partial charge in [0.2, 0.25) is 5.91 Å². The number of halogens is 1. The van der Waals surface area contributed by atoms with Crippen LogP contribution < -0.4 is 4.90 Å². The predicted molar refractivity (Wildman–Crippen MR) is 88.3 cm³/mol. The molecule has 22 heavy (non-hydrogen) atoms. The Kier molecular flexibility index (Phi) is 3.98. The van der Waals surface area contributed by atoms with Gasteiger partial charge in [0.15, 0.2) is 0 Å². The largest absolute Gasteiger partial charge is 0.310 e. The smallest absolute Gasteiger partial charge is 0.228 e. The van der Waals surface area contributed by atoms with Crippen LogP contribution in [0.2, 0.25) is 5.02 Å². The average Bonchev–Trinajstić information content (AvgIpc) is 3.04. The monoisotopic (exact) mass is 341 g/mol. The van der Waals surface area contributed by atoms with Gasteiger partial charge in [-0.25, -0.2) is 8.42 Å². The molecule has 1 aliphatic heterocycles. The Labute approximate surface area is 136 Å². The number of carbonyl (C=O) groups is 1. The van der Waals surface area contributed by atoms with Gasteiger partial charge in [0.25, 0.3) is 0 Å². The summed E-state index contributed by atoms with van der Waals surface area (Å²) in [6.07, 6.45) is 5.63. The van der Waals surface area contributed by atoms with Crippen LogP contribution in [0.5, 0.6) is 0 Å². The van der Waals surface area contributed by atoms with Crippen molar-refractivity contribution in [1.29, 1.82) is 0 Å². The highest BCUT2D eigenvalue weighted by Gasteiger charge is 2.46. The Morgan fingerprint density at radius 2 is 2.00 bits per heavy atom. The first-order valence-electron chi connectivity index (χ1n) is 7.60. The number of fused-ring (bicyclic) bond motifs is 2. The number of hydrogen-bond donors (Lipinski definition) is 0. The summed E-state index contributed by atoms with van der Waals surface area (Å²) in [5.41, 5.74) is 1.97. The molecule has 0 saturated heterocycles. The van der Waals surface area contributed by atoms with E-state index >= 15 is 0 Å². The molecule has 2 aliphatic rings. The summed E-state index contributed by atoms with van der Waals surface area (Å²) in [5, 5.41) is 0.578. The molecule has 0 bridgehead atoms. The number of sulfone groups is 1. The first-order valence-corrected chi connectivity index (χ1v) is 10.0. The van der Waals surface area contributed by atoms with Crippen molar-refractivity contribution < 1.29 is 13.2 Å². The summed E-state index contributed by atoms with van der Waals surface area (Å²) in [7, 11) is -3.14. The number of hydrogen-bond acceptors (Lipinski definition) is 3. The van der Waals surface area contributed by atoms with E-state index in [1.54, 1.807) is 11.0 Å². The van der Waals surface area contributed by atoms with Crippen molar-refractivity contribution in [1.82, 2.24) is 0 Å². The average molecular weight is 342 g/mol. The van der Waals surface area contributed by atoms with Gasteiger partial charge in [-0.2, -0.15) is 0 Å². The fourth-order valence-electron chi connectivity index (χ4n) is 3.78. The second-order valence-electron chi connectivity index (χ2n) is 6.48. The SMILES string of the molecule is CS(=O)(=O)CCC(=O)N1CC2(CCCC2)c2cccc(Cl)c21. The Morgan fingerprint density at radius 1 is 1.32 bits per heavy atom. The minimum absolute atomic E-state index is 0.0135. The third kappa shape index (κ3) is 2.76. The molecule has 1 heterocycles. The molecule has 0 unspecified atom stereocenters. The fourth-order valence-corrected chi connectivity index (χ4v) is 4.61. The van der Waals surface area contributed by atoms with Gasteiger partial charge in [-0.3, -0.25) is 4.79 Å². The molecule has 1 fully saturated rings. The molecule has 1 aromatic carbocycles. The lowest BCUT2D eigenvalue weighted by Crippen LogP contribution is -2.36. The molecule has 1 aliphatic carbocycles. The van der Waals surface area contributed by atoms with Gasteiger partial charge in [0.05, 0.1) is 16.5 Å². The molecular formula is C16H20ClNO3S. The number of benzene rings is 1. The van der Waals surface area contributed by atoms with Crippen LogP contribution >= 0.6 is 11.6 Å². The zero-order chi connectivity index (χ0) is 16.0.